The van der Waals surface area contributed by atoms with Gasteiger partial charge in [0, 0.05) is 6.20 Å². The molecule has 0 aliphatic heterocycles. The van der Waals surface area contributed by atoms with Gasteiger partial charge in [0.1, 0.15) is 6.07 Å². The fraction of sp³-hybridized carbons (Fsp3) is 0.200. The molecule has 0 N–H and O–H groups in total. The Hall–Kier alpha value is -0.980. The van der Waals surface area contributed by atoms with Crippen LogP contribution in [0.2, 0.25) is 5.02 Å². The van der Waals surface area contributed by atoms with E-state index < -0.39 is 0 Å². The van der Waals surface area contributed by atoms with Gasteiger partial charge in [0.15, 0.2) is 0 Å². The zero-order chi connectivity index (χ0) is 10.6. The Balaban J connectivity index is 3.10. The molecule has 0 amide bonds. The molecule has 0 spiro atoms. The summed E-state index contributed by atoms with van der Waals surface area (Å²) in [5.41, 5.74) is 2.26. The summed E-state index contributed by atoms with van der Waals surface area (Å²) in [6.07, 6.45) is 3.48. The van der Waals surface area contributed by atoms with Crippen molar-refractivity contribution < 1.29 is 0 Å². The minimum atomic E-state index is 0.410. The topological polar surface area (TPSA) is 36.7 Å². The molecule has 0 radical (unpaired) electrons. The molecule has 0 saturated carbocycles. The summed E-state index contributed by atoms with van der Waals surface area (Å²) in [6, 6.07) is 3.68. The van der Waals surface area contributed by atoms with Crippen LogP contribution in [0.15, 0.2) is 17.7 Å². The second-order valence-corrected chi connectivity index (χ2v) is 3.81. The van der Waals surface area contributed by atoms with Crippen LogP contribution in [0.3, 0.4) is 0 Å². The molecule has 2 nitrogen and oxygen atoms in total. The predicted octanol–water partition coefficient (Wildman–Crippen LogP) is 3.33. The van der Waals surface area contributed by atoms with Gasteiger partial charge in [-0.15, -0.1) is 11.8 Å². The van der Waals surface area contributed by atoms with E-state index in [1.807, 2.05) is 24.7 Å². The molecular formula is C10H9ClN2S. The van der Waals surface area contributed by atoms with Gasteiger partial charge in [0.25, 0.3) is 0 Å². The summed E-state index contributed by atoms with van der Waals surface area (Å²) < 4.78 is 0. The number of nitrogens with zero attached hydrogens (tertiary/aromatic N) is 2. The van der Waals surface area contributed by atoms with E-state index >= 15 is 0 Å². The van der Waals surface area contributed by atoms with Crippen molar-refractivity contribution >= 4 is 28.9 Å². The highest BCUT2D eigenvalue weighted by Gasteiger charge is 2.03. The molecule has 1 aromatic rings. The molecule has 0 atom stereocenters. The van der Waals surface area contributed by atoms with Gasteiger partial charge >= 0.3 is 0 Å². The van der Waals surface area contributed by atoms with E-state index in [1.54, 1.807) is 17.8 Å². The quantitative estimate of drug-likeness (QED) is 0.773. The van der Waals surface area contributed by atoms with Crippen molar-refractivity contribution in [1.82, 2.24) is 4.98 Å². The third-order valence-corrected chi connectivity index (χ3v) is 2.57. The summed E-state index contributed by atoms with van der Waals surface area (Å²) in [5.74, 6) is 0. The van der Waals surface area contributed by atoms with E-state index in [1.165, 1.54) is 6.20 Å². The van der Waals surface area contributed by atoms with Crippen LogP contribution in [0.5, 0.6) is 0 Å². The molecule has 0 saturated heterocycles. The maximum absolute atomic E-state index is 8.66. The lowest BCUT2D eigenvalue weighted by Gasteiger charge is -2.01. The average Bonchev–Trinajstić information content (AvgIpc) is 2.18. The fourth-order valence-electron chi connectivity index (χ4n) is 0.966. The van der Waals surface area contributed by atoms with Crippen LogP contribution >= 0.6 is 23.4 Å². The third kappa shape index (κ3) is 2.50. The van der Waals surface area contributed by atoms with Crippen molar-refractivity contribution in [3.05, 3.63) is 34.0 Å². The summed E-state index contributed by atoms with van der Waals surface area (Å²) in [6.45, 7) is 1.96. The first-order valence-corrected chi connectivity index (χ1v) is 5.61. The number of hydrogen-bond donors (Lipinski definition) is 0. The van der Waals surface area contributed by atoms with Crippen molar-refractivity contribution in [2.75, 3.05) is 6.26 Å². The van der Waals surface area contributed by atoms with Crippen LogP contribution in [0.1, 0.15) is 18.2 Å². The van der Waals surface area contributed by atoms with Crippen LogP contribution in [-0.2, 0) is 0 Å². The van der Waals surface area contributed by atoms with Crippen LogP contribution < -0.4 is 0 Å². The molecule has 0 aliphatic rings. The number of hydrogen-bond acceptors (Lipinski definition) is 3. The van der Waals surface area contributed by atoms with Crippen molar-refractivity contribution in [2.24, 2.45) is 0 Å². The molecule has 0 unspecified atom stereocenters. The second-order valence-electron chi connectivity index (χ2n) is 2.70. The van der Waals surface area contributed by atoms with Gasteiger partial charge < -0.3 is 0 Å². The maximum atomic E-state index is 8.66. The number of rotatable bonds is 2. The molecule has 1 aromatic heterocycles. The molecule has 1 heterocycles. The molecule has 0 aromatic carbocycles. The van der Waals surface area contributed by atoms with E-state index in [-0.39, 0.29) is 0 Å². The molecule has 14 heavy (non-hydrogen) atoms. The average molecular weight is 225 g/mol. The van der Waals surface area contributed by atoms with Crippen LogP contribution in [0.25, 0.3) is 5.57 Å². The van der Waals surface area contributed by atoms with Crippen molar-refractivity contribution in [1.29, 1.82) is 5.26 Å². The van der Waals surface area contributed by atoms with Gasteiger partial charge in [0.2, 0.25) is 0 Å². The van der Waals surface area contributed by atoms with E-state index in [0.29, 0.717) is 10.6 Å². The van der Waals surface area contributed by atoms with E-state index in [0.717, 1.165) is 11.3 Å². The Bertz CT molecular complexity index is 407. The lowest BCUT2D eigenvalue weighted by molar-refractivity contribution is 1.25. The largest absolute Gasteiger partial charge is 0.255 e. The van der Waals surface area contributed by atoms with Crippen molar-refractivity contribution in [3.63, 3.8) is 0 Å². The number of halogens is 1. The second kappa shape index (κ2) is 5.04. The molecule has 0 aliphatic carbocycles. The Morgan fingerprint density at radius 2 is 2.43 bits per heavy atom. The third-order valence-electron chi connectivity index (χ3n) is 1.67. The van der Waals surface area contributed by atoms with Crippen LogP contribution in [-0.4, -0.2) is 11.2 Å². The lowest BCUT2D eigenvalue weighted by Crippen LogP contribution is -1.88. The molecule has 72 valence electrons. The van der Waals surface area contributed by atoms with Crippen LogP contribution in [0, 0.1) is 11.3 Å². The van der Waals surface area contributed by atoms with Crippen molar-refractivity contribution in [3.8, 4) is 6.07 Å². The number of nitriles is 1. The van der Waals surface area contributed by atoms with Gasteiger partial charge in [-0.05, 0) is 30.2 Å². The number of allylic oxidation sites excluding steroid dienone is 1. The van der Waals surface area contributed by atoms with E-state index in [2.05, 4.69) is 4.98 Å². The summed E-state index contributed by atoms with van der Waals surface area (Å²) in [7, 11) is 0. The highest BCUT2D eigenvalue weighted by atomic mass is 35.5. The predicted molar refractivity (Wildman–Crippen MR) is 61.1 cm³/mol. The molecule has 1 rings (SSSR count). The van der Waals surface area contributed by atoms with Gasteiger partial charge in [-0.2, -0.15) is 5.26 Å². The first-order valence-electron chi connectivity index (χ1n) is 3.94. The lowest BCUT2D eigenvalue weighted by atomic mass is 10.2. The standard InChI is InChI=1S/C10H9ClN2S/c1-7(6-14-2)10-3-9(11)8(4-12)5-13-10/h3,5-6H,1-2H3/b7-6-. The van der Waals surface area contributed by atoms with E-state index in [4.69, 9.17) is 16.9 Å². The Morgan fingerprint density at radius 1 is 1.71 bits per heavy atom. The van der Waals surface area contributed by atoms with Crippen molar-refractivity contribution in [2.45, 2.75) is 6.92 Å². The fourth-order valence-corrected chi connectivity index (χ4v) is 1.63. The van der Waals surface area contributed by atoms with Gasteiger partial charge in [-0.3, -0.25) is 4.98 Å². The Kier molecular flexibility index (Phi) is 3.99. The Morgan fingerprint density at radius 3 is 2.93 bits per heavy atom. The zero-order valence-electron chi connectivity index (χ0n) is 7.91. The number of thioether (sulfide) groups is 1. The van der Waals surface area contributed by atoms with Gasteiger partial charge in [-0.25, -0.2) is 0 Å². The van der Waals surface area contributed by atoms with Gasteiger partial charge in [0.05, 0.1) is 16.3 Å². The Labute approximate surface area is 92.6 Å². The van der Waals surface area contributed by atoms with Crippen LogP contribution in [0.4, 0.5) is 0 Å². The van der Waals surface area contributed by atoms with Gasteiger partial charge in [-0.1, -0.05) is 11.6 Å². The number of aromatic nitrogens is 1. The first kappa shape index (κ1) is 11.1. The monoisotopic (exact) mass is 224 g/mol. The first-order chi connectivity index (χ1) is 6.69. The summed E-state index contributed by atoms with van der Waals surface area (Å²) >= 11 is 7.49. The number of pyridine rings is 1. The smallest absolute Gasteiger partial charge is 0.102 e. The minimum Gasteiger partial charge on any atom is -0.255 e. The maximum Gasteiger partial charge on any atom is 0.102 e. The highest BCUT2D eigenvalue weighted by molar-refractivity contribution is 8.01. The molecular weight excluding hydrogens is 216 g/mol. The SMILES string of the molecule is CS/C=C(/C)c1cc(Cl)c(C#N)cn1. The summed E-state index contributed by atoms with van der Waals surface area (Å²) in [5, 5.41) is 11.1. The highest BCUT2D eigenvalue weighted by Crippen LogP contribution is 2.20. The van der Waals surface area contributed by atoms with E-state index in [9.17, 15) is 0 Å². The molecule has 0 fully saturated rings. The normalized spacial score (nSPS) is 11.1. The molecule has 0 bridgehead atoms. The zero-order valence-corrected chi connectivity index (χ0v) is 9.49. The summed E-state index contributed by atoms with van der Waals surface area (Å²) in [4.78, 5) is 4.14. The molecule has 4 heteroatoms. The minimum absolute atomic E-state index is 0.410.